The van der Waals surface area contributed by atoms with Crippen molar-refractivity contribution in [2.24, 2.45) is 11.8 Å². The summed E-state index contributed by atoms with van der Waals surface area (Å²) in [6.45, 7) is 0. The molecule has 2 saturated carbocycles. The van der Waals surface area contributed by atoms with Crippen molar-refractivity contribution in [3.8, 4) is 0 Å². The van der Waals surface area contributed by atoms with Gasteiger partial charge in [-0.3, -0.25) is 0 Å². The molecule has 2 aliphatic carbocycles. The molecule has 51 valence electrons. The van der Waals surface area contributed by atoms with Gasteiger partial charge in [0.2, 0.25) is 0 Å². The predicted molar refractivity (Wildman–Crippen MR) is 39.0 cm³/mol. The lowest BCUT2D eigenvalue weighted by molar-refractivity contribution is 0.501. The molecule has 0 aromatic heterocycles. The summed E-state index contributed by atoms with van der Waals surface area (Å²) < 4.78 is 0. The zero-order valence-corrected chi connectivity index (χ0v) is 5.97. The van der Waals surface area contributed by atoms with E-state index in [1.165, 1.54) is 25.7 Å². The van der Waals surface area contributed by atoms with E-state index in [1.54, 1.807) is 12.8 Å². The topological polar surface area (TPSA) is 0 Å². The number of rotatable bonds is 0. The second-order valence-corrected chi connectivity index (χ2v) is 3.65. The van der Waals surface area contributed by atoms with E-state index < -0.39 is 0 Å². The highest BCUT2D eigenvalue weighted by molar-refractivity contribution is 4.85. The van der Waals surface area contributed by atoms with Gasteiger partial charge in [-0.1, -0.05) is 19.3 Å². The van der Waals surface area contributed by atoms with Crippen LogP contribution in [0.25, 0.3) is 0 Å². The first-order valence-corrected chi connectivity index (χ1v) is 4.27. The Morgan fingerprint density at radius 1 is 1.00 bits per heavy atom. The molecule has 0 N–H and O–H groups in total. The molecule has 0 spiro atoms. The quantitative estimate of drug-likeness (QED) is 0.464. The van der Waals surface area contributed by atoms with E-state index in [9.17, 15) is 0 Å². The molecule has 2 fully saturated rings. The third kappa shape index (κ3) is 1.12. The highest BCUT2D eigenvalue weighted by atomic mass is 14.3. The van der Waals surface area contributed by atoms with Crippen LogP contribution in [-0.4, -0.2) is 0 Å². The Morgan fingerprint density at radius 2 is 1.89 bits per heavy atom. The van der Waals surface area contributed by atoms with Crippen molar-refractivity contribution in [2.45, 2.75) is 38.5 Å². The molecule has 2 rings (SSSR count). The Hall–Kier alpha value is 0. The average Bonchev–Trinajstić information content (AvgIpc) is 2.09. The molecule has 9 heavy (non-hydrogen) atoms. The van der Waals surface area contributed by atoms with Crippen molar-refractivity contribution in [3.05, 3.63) is 6.42 Å². The van der Waals surface area contributed by atoms with Gasteiger partial charge in [0.25, 0.3) is 0 Å². The lowest BCUT2D eigenvalue weighted by Crippen LogP contribution is -1.90. The lowest BCUT2D eigenvalue weighted by Gasteiger charge is -2.05. The van der Waals surface area contributed by atoms with Crippen LogP contribution in [0.15, 0.2) is 0 Å². The maximum absolute atomic E-state index is 2.50. The van der Waals surface area contributed by atoms with Crippen LogP contribution in [-0.2, 0) is 0 Å². The molecule has 0 aliphatic heterocycles. The number of hydrogen-bond acceptors (Lipinski definition) is 0. The van der Waals surface area contributed by atoms with Crippen LogP contribution in [0.3, 0.4) is 0 Å². The zero-order chi connectivity index (χ0) is 6.10. The summed E-state index contributed by atoms with van der Waals surface area (Å²) >= 11 is 0. The summed E-state index contributed by atoms with van der Waals surface area (Å²) in [6.07, 6.45) is 11.5. The van der Waals surface area contributed by atoms with Gasteiger partial charge in [-0.2, -0.15) is 0 Å². The standard InChI is InChI=1S/C9H15/c1-2-4-9-6-5-8(3-1)7-9/h1,8-9H,2-7H2. The lowest BCUT2D eigenvalue weighted by atomic mass is 10.0. The second kappa shape index (κ2) is 2.32. The second-order valence-electron chi connectivity index (χ2n) is 3.65. The van der Waals surface area contributed by atoms with E-state index in [2.05, 4.69) is 6.42 Å². The molecule has 0 heteroatoms. The monoisotopic (exact) mass is 123 g/mol. The van der Waals surface area contributed by atoms with E-state index in [0.29, 0.717) is 0 Å². The fourth-order valence-corrected chi connectivity index (χ4v) is 2.36. The van der Waals surface area contributed by atoms with Gasteiger partial charge in [0, 0.05) is 0 Å². The van der Waals surface area contributed by atoms with E-state index >= 15 is 0 Å². The van der Waals surface area contributed by atoms with Gasteiger partial charge in [0.05, 0.1) is 0 Å². The van der Waals surface area contributed by atoms with Gasteiger partial charge in [-0.05, 0) is 37.5 Å². The van der Waals surface area contributed by atoms with E-state index in [4.69, 9.17) is 0 Å². The Bertz CT molecular complexity index is 84.2. The molecule has 2 atom stereocenters. The third-order valence-electron chi connectivity index (χ3n) is 2.93. The Morgan fingerprint density at radius 3 is 2.89 bits per heavy atom. The van der Waals surface area contributed by atoms with Gasteiger partial charge >= 0.3 is 0 Å². The third-order valence-corrected chi connectivity index (χ3v) is 2.93. The van der Waals surface area contributed by atoms with Crippen molar-refractivity contribution >= 4 is 0 Å². The largest absolute Gasteiger partial charge is 0.0502 e. The predicted octanol–water partition coefficient (Wildman–Crippen LogP) is 2.79. The van der Waals surface area contributed by atoms with Gasteiger partial charge in [-0.25, -0.2) is 0 Å². The summed E-state index contributed by atoms with van der Waals surface area (Å²) in [4.78, 5) is 0. The van der Waals surface area contributed by atoms with Crippen LogP contribution in [0, 0.1) is 18.3 Å². The van der Waals surface area contributed by atoms with Crippen LogP contribution in [0.4, 0.5) is 0 Å². The summed E-state index contributed by atoms with van der Waals surface area (Å²) in [5.74, 6) is 2.21. The molecule has 2 bridgehead atoms. The maximum atomic E-state index is 2.50. The zero-order valence-electron chi connectivity index (χ0n) is 5.97. The maximum Gasteiger partial charge on any atom is -0.0383 e. The SMILES string of the molecule is [CH]1CCC2CCC(C1)C2. The van der Waals surface area contributed by atoms with Crippen LogP contribution in [0.1, 0.15) is 38.5 Å². The summed E-state index contributed by atoms with van der Waals surface area (Å²) in [7, 11) is 0. The molecular weight excluding hydrogens is 108 g/mol. The molecule has 2 unspecified atom stereocenters. The molecule has 0 aromatic carbocycles. The smallest absolute Gasteiger partial charge is 0.0383 e. The van der Waals surface area contributed by atoms with Crippen molar-refractivity contribution in [1.29, 1.82) is 0 Å². The van der Waals surface area contributed by atoms with E-state index in [0.717, 1.165) is 11.8 Å². The van der Waals surface area contributed by atoms with E-state index in [-0.39, 0.29) is 0 Å². The summed E-state index contributed by atoms with van der Waals surface area (Å²) in [5, 5.41) is 0. The Balaban J connectivity index is 1.99. The van der Waals surface area contributed by atoms with E-state index in [1.807, 2.05) is 0 Å². The first-order chi connectivity index (χ1) is 4.45. The summed E-state index contributed by atoms with van der Waals surface area (Å²) in [6, 6.07) is 0. The molecule has 0 amide bonds. The Kier molecular flexibility index (Phi) is 1.48. The van der Waals surface area contributed by atoms with Crippen molar-refractivity contribution < 1.29 is 0 Å². The fourth-order valence-electron chi connectivity index (χ4n) is 2.36. The average molecular weight is 123 g/mol. The molecule has 0 saturated heterocycles. The molecular formula is C9H15. The first-order valence-electron chi connectivity index (χ1n) is 4.27. The normalized spacial score (nSPS) is 42.7. The van der Waals surface area contributed by atoms with Gasteiger partial charge in [-0.15, -0.1) is 0 Å². The first kappa shape index (κ1) is 5.76. The van der Waals surface area contributed by atoms with Crippen LogP contribution < -0.4 is 0 Å². The van der Waals surface area contributed by atoms with Crippen LogP contribution in [0.5, 0.6) is 0 Å². The highest BCUT2D eigenvalue weighted by Crippen LogP contribution is 2.39. The van der Waals surface area contributed by atoms with Gasteiger partial charge < -0.3 is 0 Å². The summed E-state index contributed by atoms with van der Waals surface area (Å²) in [5.41, 5.74) is 0. The minimum atomic E-state index is 1.09. The molecule has 2 aliphatic rings. The van der Waals surface area contributed by atoms with Gasteiger partial charge in [0.15, 0.2) is 0 Å². The minimum Gasteiger partial charge on any atom is -0.0502 e. The number of fused-ring (bicyclic) bond motifs is 2. The van der Waals surface area contributed by atoms with Crippen LogP contribution >= 0.6 is 0 Å². The highest BCUT2D eigenvalue weighted by Gasteiger charge is 2.26. The fraction of sp³-hybridized carbons (Fsp3) is 0.889. The van der Waals surface area contributed by atoms with Crippen LogP contribution in [0.2, 0.25) is 0 Å². The van der Waals surface area contributed by atoms with Crippen molar-refractivity contribution in [2.75, 3.05) is 0 Å². The number of hydrogen-bond donors (Lipinski definition) is 0. The van der Waals surface area contributed by atoms with Crippen molar-refractivity contribution in [3.63, 3.8) is 0 Å². The van der Waals surface area contributed by atoms with Gasteiger partial charge in [0.1, 0.15) is 0 Å². The molecule has 0 nitrogen and oxygen atoms in total. The van der Waals surface area contributed by atoms with Crippen molar-refractivity contribution in [1.82, 2.24) is 0 Å². The molecule has 0 heterocycles. The molecule has 0 aromatic rings. The molecule has 1 radical (unpaired) electrons. The minimum absolute atomic E-state index is 1.09. The Labute approximate surface area is 57.6 Å².